The van der Waals surface area contributed by atoms with Crippen LogP contribution >= 0.6 is 0 Å². The Morgan fingerprint density at radius 1 is 1.50 bits per heavy atom. The van der Waals surface area contributed by atoms with E-state index in [-0.39, 0.29) is 17.3 Å². The lowest BCUT2D eigenvalue weighted by Crippen LogP contribution is -2.30. The lowest BCUT2D eigenvalue weighted by molar-refractivity contribution is 0.0747. The highest BCUT2D eigenvalue weighted by Crippen LogP contribution is 2.06. The van der Waals surface area contributed by atoms with Gasteiger partial charge in [0.1, 0.15) is 5.69 Å². The van der Waals surface area contributed by atoms with Gasteiger partial charge in [-0.15, -0.1) is 0 Å². The molecule has 2 heterocycles. The Bertz CT molecular complexity index is 573. The van der Waals surface area contributed by atoms with Gasteiger partial charge in [-0.05, 0) is 18.6 Å². The quantitative estimate of drug-likeness (QED) is 0.835. The predicted molar refractivity (Wildman–Crippen MR) is 66.1 cm³/mol. The van der Waals surface area contributed by atoms with Crippen molar-refractivity contribution in [3.8, 4) is 0 Å². The third kappa shape index (κ3) is 2.65. The van der Waals surface area contributed by atoms with Crippen molar-refractivity contribution in [1.29, 1.82) is 0 Å². The molecule has 0 atom stereocenters. The molecule has 6 heteroatoms. The molecule has 0 saturated carbocycles. The van der Waals surface area contributed by atoms with Crippen molar-refractivity contribution in [2.45, 2.75) is 13.5 Å². The van der Waals surface area contributed by atoms with Gasteiger partial charge in [-0.2, -0.15) is 0 Å². The highest BCUT2D eigenvalue weighted by Gasteiger charge is 2.16. The van der Waals surface area contributed by atoms with Crippen LogP contribution in [0, 0.1) is 0 Å². The van der Waals surface area contributed by atoms with E-state index in [0.717, 1.165) is 5.56 Å². The van der Waals surface area contributed by atoms with Crippen LogP contribution in [0.25, 0.3) is 0 Å². The normalized spacial score (nSPS) is 10.3. The highest BCUT2D eigenvalue weighted by atomic mass is 16.2. The molecule has 0 aliphatic rings. The molecule has 0 aliphatic carbocycles. The monoisotopic (exact) mass is 246 g/mol. The van der Waals surface area contributed by atoms with E-state index in [0.29, 0.717) is 13.1 Å². The van der Waals surface area contributed by atoms with E-state index in [1.165, 1.54) is 6.20 Å². The number of amides is 1. The molecule has 0 aliphatic heterocycles. The summed E-state index contributed by atoms with van der Waals surface area (Å²) in [6, 6.07) is 3.73. The van der Waals surface area contributed by atoms with E-state index >= 15 is 0 Å². The van der Waals surface area contributed by atoms with Gasteiger partial charge < -0.3 is 14.9 Å². The number of nitrogens with zero attached hydrogens (tertiary/aromatic N) is 2. The maximum atomic E-state index is 12.1. The van der Waals surface area contributed by atoms with Crippen molar-refractivity contribution in [1.82, 2.24) is 19.9 Å². The first-order valence-corrected chi connectivity index (χ1v) is 5.66. The molecule has 2 N–H and O–H groups in total. The Morgan fingerprint density at radius 2 is 2.33 bits per heavy atom. The molecule has 6 nitrogen and oxygen atoms in total. The van der Waals surface area contributed by atoms with E-state index < -0.39 is 0 Å². The minimum atomic E-state index is -0.379. The molecule has 0 fully saturated rings. The smallest absolute Gasteiger partial charge is 0.323 e. The summed E-state index contributed by atoms with van der Waals surface area (Å²) in [6.07, 6.45) is 4.79. The number of hydrogen-bond acceptors (Lipinski definition) is 3. The Morgan fingerprint density at radius 3 is 2.89 bits per heavy atom. The summed E-state index contributed by atoms with van der Waals surface area (Å²) in [5, 5.41) is 0. The standard InChI is InChI=1S/C12H14N4O2/c1-2-16(8-9-4-3-5-13-6-9)11(17)10-7-14-12(18)15-10/h3-7H,2,8H2,1H3,(H2,14,15,18). The Hall–Kier alpha value is -2.37. The number of aromatic nitrogens is 3. The van der Waals surface area contributed by atoms with Crippen LogP contribution in [-0.4, -0.2) is 32.3 Å². The predicted octanol–water partition coefficient (Wildman–Crippen LogP) is 0.760. The molecular formula is C12H14N4O2. The summed E-state index contributed by atoms with van der Waals surface area (Å²) in [5.41, 5.74) is 0.840. The number of pyridine rings is 1. The number of nitrogens with one attached hydrogen (secondary N) is 2. The molecule has 0 spiro atoms. The van der Waals surface area contributed by atoms with E-state index in [4.69, 9.17) is 0 Å². The number of H-pyrrole nitrogens is 2. The molecule has 0 aromatic carbocycles. The lowest BCUT2D eigenvalue weighted by Gasteiger charge is -2.19. The van der Waals surface area contributed by atoms with E-state index in [1.807, 2.05) is 19.1 Å². The number of carbonyl (C=O) groups excluding carboxylic acids is 1. The SMILES string of the molecule is CCN(Cc1cccnc1)C(=O)c1c[nH]c(=O)[nH]1. The molecule has 2 aromatic rings. The fraction of sp³-hybridized carbons (Fsp3) is 0.250. The first-order valence-electron chi connectivity index (χ1n) is 5.66. The van der Waals surface area contributed by atoms with Crippen molar-refractivity contribution < 1.29 is 4.79 Å². The van der Waals surface area contributed by atoms with Crippen LogP contribution in [0.1, 0.15) is 23.0 Å². The minimum Gasteiger partial charge on any atom is -0.333 e. The van der Waals surface area contributed by atoms with Crippen LogP contribution in [0.15, 0.2) is 35.5 Å². The van der Waals surface area contributed by atoms with Crippen molar-refractivity contribution in [3.05, 3.63) is 52.5 Å². The van der Waals surface area contributed by atoms with Crippen LogP contribution in [0.3, 0.4) is 0 Å². The molecule has 18 heavy (non-hydrogen) atoms. The number of aromatic amines is 2. The molecule has 0 saturated heterocycles. The van der Waals surface area contributed by atoms with Crippen molar-refractivity contribution >= 4 is 5.91 Å². The van der Waals surface area contributed by atoms with Gasteiger partial charge in [0.2, 0.25) is 0 Å². The number of hydrogen-bond donors (Lipinski definition) is 2. The van der Waals surface area contributed by atoms with Gasteiger partial charge in [0, 0.05) is 31.7 Å². The highest BCUT2D eigenvalue weighted by molar-refractivity contribution is 5.91. The minimum absolute atomic E-state index is 0.209. The molecule has 2 aromatic heterocycles. The third-order valence-corrected chi connectivity index (χ3v) is 2.59. The zero-order chi connectivity index (χ0) is 13.0. The Labute approximate surface area is 104 Å². The number of rotatable bonds is 4. The molecule has 94 valence electrons. The second kappa shape index (κ2) is 5.31. The second-order valence-corrected chi connectivity index (χ2v) is 3.84. The molecule has 0 unspecified atom stereocenters. The van der Waals surface area contributed by atoms with Crippen LogP contribution in [-0.2, 0) is 6.54 Å². The average molecular weight is 246 g/mol. The van der Waals surface area contributed by atoms with Gasteiger partial charge in [0.05, 0.1) is 0 Å². The fourth-order valence-electron chi connectivity index (χ4n) is 1.66. The van der Waals surface area contributed by atoms with Gasteiger partial charge in [-0.3, -0.25) is 9.78 Å². The summed E-state index contributed by atoms with van der Waals surface area (Å²) in [4.78, 5) is 33.6. The molecule has 1 amide bonds. The summed E-state index contributed by atoms with van der Waals surface area (Å²) in [5.74, 6) is -0.209. The molecular weight excluding hydrogens is 232 g/mol. The van der Waals surface area contributed by atoms with Gasteiger partial charge in [0.25, 0.3) is 5.91 Å². The van der Waals surface area contributed by atoms with Crippen molar-refractivity contribution in [2.75, 3.05) is 6.54 Å². The number of carbonyl (C=O) groups is 1. The fourth-order valence-corrected chi connectivity index (χ4v) is 1.66. The average Bonchev–Trinajstić information content (AvgIpc) is 2.83. The van der Waals surface area contributed by atoms with Gasteiger partial charge in [0.15, 0.2) is 0 Å². The van der Waals surface area contributed by atoms with Crippen LogP contribution in [0.2, 0.25) is 0 Å². The topological polar surface area (TPSA) is 81.8 Å². The Balaban J connectivity index is 2.14. The number of imidazole rings is 1. The zero-order valence-corrected chi connectivity index (χ0v) is 10.0. The summed E-state index contributed by atoms with van der Waals surface area (Å²) >= 11 is 0. The first kappa shape index (κ1) is 12.1. The Kier molecular flexibility index (Phi) is 3.57. The van der Waals surface area contributed by atoms with Crippen LogP contribution < -0.4 is 5.69 Å². The van der Waals surface area contributed by atoms with E-state index in [1.54, 1.807) is 17.3 Å². The van der Waals surface area contributed by atoms with Gasteiger partial charge in [-0.25, -0.2) is 4.79 Å². The summed E-state index contributed by atoms with van der Waals surface area (Å²) in [7, 11) is 0. The van der Waals surface area contributed by atoms with Crippen molar-refractivity contribution in [2.24, 2.45) is 0 Å². The van der Waals surface area contributed by atoms with Gasteiger partial charge in [-0.1, -0.05) is 6.07 Å². The first-order chi connectivity index (χ1) is 8.70. The summed E-state index contributed by atoms with van der Waals surface area (Å²) in [6.45, 7) is 2.91. The lowest BCUT2D eigenvalue weighted by atomic mass is 10.2. The molecule has 0 radical (unpaired) electrons. The van der Waals surface area contributed by atoms with Crippen molar-refractivity contribution in [3.63, 3.8) is 0 Å². The van der Waals surface area contributed by atoms with Crippen LogP contribution in [0.5, 0.6) is 0 Å². The maximum absolute atomic E-state index is 12.1. The largest absolute Gasteiger partial charge is 0.333 e. The van der Waals surface area contributed by atoms with E-state index in [2.05, 4.69) is 15.0 Å². The molecule has 2 rings (SSSR count). The zero-order valence-electron chi connectivity index (χ0n) is 10.0. The third-order valence-electron chi connectivity index (χ3n) is 2.59. The summed E-state index contributed by atoms with van der Waals surface area (Å²) < 4.78 is 0. The van der Waals surface area contributed by atoms with E-state index in [9.17, 15) is 9.59 Å². The van der Waals surface area contributed by atoms with Crippen LogP contribution in [0.4, 0.5) is 0 Å². The maximum Gasteiger partial charge on any atom is 0.323 e. The second-order valence-electron chi connectivity index (χ2n) is 3.84. The molecule has 0 bridgehead atoms. The van der Waals surface area contributed by atoms with Gasteiger partial charge >= 0.3 is 5.69 Å².